The van der Waals surface area contributed by atoms with Gasteiger partial charge in [-0.2, -0.15) is 0 Å². The van der Waals surface area contributed by atoms with E-state index in [0.717, 1.165) is 0 Å². The number of rotatable bonds is 6. The van der Waals surface area contributed by atoms with E-state index >= 15 is 0 Å². The molecule has 104 valence electrons. The maximum atomic E-state index is 11.8. The van der Waals surface area contributed by atoms with Crippen molar-refractivity contribution in [3.8, 4) is 5.75 Å². The number of likely N-dealkylation sites (N-methyl/N-ethyl adjacent to an activating group) is 1. The number of benzene rings is 1. The number of nitro benzene ring substituents is 1. The second kappa shape index (κ2) is 6.72. The van der Waals surface area contributed by atoms with Crippen molar-refractivity contribution in [1.29, 1.82) is 0 Å². The molecule has 0 aliphatic carbocycles. The fraction of sp³-hybridized carbons (Fsp3) is 0.462. The largest absolute Gasteiger partial charge is 0.483 e. The summed E-state index contributed by atoms with van der Waals surface area (Å²) < 4.78 is 5.38. The first-order valence-electron chi connectivity index (χ1n) is 6.15. The van der Waals surface area contributed by atoms with Gasteiger partial charge in [0.05, 0.1) is 10.5 Å². The van der Waals surface area contributed by atoms with E-state index < -0.39 is 4.92 Å². The summed E-state index contributed by atoms with van der Waals surface area (Å²) in [5, 5.41) is 10.8. The summed E-state index contributed by atoms with van der Waals surface area (Å²) in [5.41, 5.74) is 0.424. The minimum absolute atomic E-state index is 0.00668. The van der Waals surface area contributed by atoms with E-state index in [1.54, 1.807) is 24.0 Å². The average molecular weight is 266 g/mol. The summed E-state index contributed by atoms with van der Waals surface area (Å²) in [6, 6.07) is 4.58. The van der Waals surface area contributed by atoms with Crippen LogP contribution in [0.2, 0.25) is 0 Å². The standard InChI is InChI=1S/C13H18N2O4/c1-4-14(5-2)13(16)9-19-12-8-6-7-11(10(12)3)15(17)18/h6-8H,4-5,9H2,1-3H3. The van der Waals surface area contributed by atoms with Crippen molar-refractivity contribution < 1.29 is 14.5 Å². The molecule has 0 aliphatic rings. The van der Waals surface area contributed by atoms with Crippen LogP contribution < -0.4 is 4.74 Å². The monoisotopic (exact) mass is 266 g/mol. The summed E-state index contributed by atoms with van der Waals surface area (Å²) in [7, 11) is 0. The maximum Gasteiger partial charge on any atom is 0.276 e. The number of ether oxygens (including phenoxy) is 1. The van der Waals surface area contributed by atoms with Gasteiger partial charge in [-0.05, 0) is 26.8 Å². The Morgan fingerprint density at radius 2 is 2.00 bits per heavy atom. The zero-order valence-corrected chi connectivity index (χ0v) is 11.4. The molecule has 0 bridgehead atoms. The third-order valence-electron chi connectivity index (χ3n) is 2.92. The molecular formula is C13H18N2O4. The normalized spacial score (nSPS) is 10.1. The molecule has 0 unspecified atom stereocenters. The van der Waals surface area contributed by atoms with Gasteiger partial charge in [0.1, 0.15) is 5.75 Å². The Hall–Kier alpha value is -2.11. The SMILES string of the molecule is CCN(CC)C(=O)COc1cccc([N+](=O)[O-])c1C. The predicted molar refractivity (Wildman–Crippen MR) is 71.3 cm³/mol. The highest BCUT2D eigenvalue weighted by molar-refractivity contribution is 5.77. The van der Waals surface area contributed by atoms with Crippen LogP contribution in [0.25, 0.3) is 0 Å². The second-order valence-corrected chi connectivity index (χ2v) is 4.01. The predicted octanol–water partition coefficient (Wildman–Crippen LogP) is 2.15. The lowest BCUT2D eigenvalue weighted by Gasteiger charge is -2.19. The molecule has 6 heteroatoms. The van der Waals surface area contributed by atoms with Gasteiger partial charge in [0, 0.05) is 19.2 Å². The minimum atomic E-state index is -0.464. The first-order chi connectivity index (χ1) is 9.01. The minimum Gasteiger partial charge on any atom is -0.483 e. The number of hydrogen-bond acceptors (Lipinski definition) is 4. The van der Waals surface area contributed by atoms with Crippen molar-refractivity contribution in [3.63, 3.8) is 0 Å². The highest BCUT2D eigenvalue weighted by atomic mass is 16.6. The molecule has 0 spiro atoms. The Morgan fingerprint density at radius 1 is 1.37 bits per heavy atom. The summed E-state index contributed by atoms with van der Waals surface area (Å²) >= 11 is 0. The lowest BCUT2D eigenvalue weighted by Crippen LogP contribution is -2.34. The lowest BCUT2D eigenvalue weighted by atomic mass is 10.2. The van der Waals surface area contributed by atoms with Crippen molar-refractivity contribution in [1.82, 2.24) is 4.90 Å². The van der Waals surface area contributed by atoms with Crippen LogP contribution in [0.3, 0.4) is 0 Å². The average Bonchev–Trinajstić information content (AvgIpc) is 2.38. The Morgan fingerprint density at radius 3 is 2.53 bits per heavy atom. The fourth-order valence-electron chi connectivity index (χ4n) is 1.76. The Balaban J connectivity index is 2.76. The van der Waals surface area contributed by atoms with Crippen LogP contribution in [-0.4, -0.2) is 35.4 Å². The molecular weight excluding hydrogens is 248 g/mol. The number of amides is 1. The number of carbonyl (C=O) groups excluding carboxylic acids is 1. The molecule has 0 aliphatic heterocycles. The van der Waals surface area contributed by atoms with Gasteiger partial charge in [-0.15, -0.1) is 0 Å². The summed E-state index contributed by atoms with van der Waals surface area (Å²) in [4.78, 5) is 23.7. The Bertz CT molecular complexity index is 470. The number of carbonyl (C=O) groups is 1. The molecule has 0 radical (unpaired) electrons. The molecule has 0 saturated heterocycles. The van der Waals surface area contributed by atoms with Crippen LogP contribution in [-0.2, 0) is 4.79 Å². The van der Waals surface area contributed by atoms with E-state index in [9.17, 15) is 14.9 Å². The van der Waals surface area contributed by atoms with E-state index in [0.29, 0.717) is 24.4 Å². The third-order valence-corrected chi connectivity index (χ3v) is 2.92. The quantitative estimate of drug-likeness (QED) is 0.584. The van der Waals surface area contributed by atoms with Crippen molar-refractivity contribution in [3.05, 3.63) is 33.9 Å². The molecule has 0 saturated carbocycles. The Labute approximate surface area is 112 Å². The molecule has 1 aromatic carbocycles. The number of hydrogen-bond donors (Lipinski definition) is 0. The van der Waals surface area contributed by atoms with Crippen molar-refractivity contribution in [2.75, 3.05) is 19.7 Å². The van der Waals surface area contributed by atoms with Crippen LogP contribution in [0, 0.1) is 17.0 Å². The zero-order chi connectivity index (χ0) is 14.4. The maximum absolute atomic E-state index is 11.8. The van der Waals surface area contributed by atoms with Crippen LogP contribution >= 0.6 is 0 Å². The molecule has 0 heterocycles. The third kappa shape index (κ3) is 3.67. The van der Waals surface area contributed by atoms with Gasteiger partial charge in [-0.1, -0.05) is 6.07 Å². The molecule has 6 nitrogen and oxygen atoms in total. The summed E-state index contributed by atoms with van der Waals surface area (Å²) in [5.74, 6) is 0.241. The molecule has 19 heavy (non-hydrogen) atoms. The molecule has 0 N–H and O–H groups in total. The topological polar surface area (TPSA) is 72.7 Å². The van der Waals surface area contributed by atoms with Crippen molar-refractivity contribution >= 4 is 11.6 Å². The lowest BCUT2D eigenvalue weighted by molar-refractivity contribution is -0.385. The van der Waals surface area contributed by atoms with Gasteiger partial charge in [0.2, 0.25) is 0 Å². The molecule has 1 amide bonds. The number of nitrogens with zero attached hydrogens (tertiary/aromatic N) is 2. The first-order valence-corrected chi connectivity index (χ1v) is 6.15. The summed E-state index contributed by atoms with van der Waals surface area (Å²) in [6.07, 6.45) is 0. The van der Waals surface area contributed by atoms with Gasteiger partial charge < -0.3 is 9.64 Å². The second-order valence-electron chi connectivity index (χ2n) is 4.01. The molecule has 0 fully saturated rings. The van der Waals surface area contributed by atoms with Gasteiger partial charge in [0.15, 0.2) is 6.61 Å². The van der Waals surface area contributed by atoms with E-state index in [1.165, 1.54) is 6.07 Å². The fourth-order valence-corrected chi connectivity index (χ4v) is 1.76. The van der Waals surface area contributed by atoms with E-state index in [1.807, 2.05) is 13.8 Å². The molecule has 1 rings (SSSR count). The molecule has 1 aromatic rings. The van der Waals surface area contributed by atoms with Crippen LogP contribution in [0.5, 0.6) is 5.75 Å². The molecule has 0 aromatic heterocycles. The smallest absolute Gasteiger partial charge is 0.276 e. The highest BCUT2D eigenvalue weighted by Crippen LogP contribution is 2.26. The van der Waals surface area contributed by atoms with Gasteiger partial charge in [-0.3, -0.25) is 14.9 Å². The highest BCUT2D eigenvalue weighted by Gasteiger charge is 2.16. The van der Waals surface area contributed by atoms with Crippen molar-refractivity contribution in [2.24, 2.45) is 0 Å². The van der Waals surface area contributed by atoms with Crippen LogP contribution in [0.15, 0.2) is 18.2 Å². The van der Waals surface area contributed by atoms with E-state index in [2.05, 4.69) is 0 Å². The summed E-state index contributed by atoms with van der Waals surface area (Å²) in [6.45, 7) is 6.51. The van der Waals surface area contributed by atoms with E-state index in [-0.39, 0.29) is 18.2 Å². The molecule has 0 atom stereocenters. The first kappa shape index (κ1) is 14.9. The van der Waals surface area contributed by atoms with Gasteiger partial charge in [0.25, 0.3) is 11.6 Å². The van der Waals surface area contributed by atoms with Gasteiger partial charge in [-0.25, -0.2) is 0 Å². The van der Waals surface area contributed by atoms with Crippen molar-refractivity contribution in [2.45, 2.75) is 20.8 Å². The Kier molecular flexibility index (Phi) is 5.29. The zero-order valence-electron chi connectivity index (χ0n) is 11.4. The number of nitro groups is 1. The van der Waals surface area contributed by atoms with Crippen LogP contribution in [0.1, 0.15) is 19.4 Å². The van der Waals surface area contributed by atoms with Gasteiger partial charge >= 0.3 is 0 Å². The van der Waals surface area contributed by atoms with Crippen LogP contribution in [0.4, 0.5) is 5.69 Å². The van der Waals surface area contributed by atoms with E-state index in [4.69, 9.17) is 4.74 Å².